The summed E-state index contributed by atoms with van der Waals surface area (Å²) in [6, 6.07) is 4.33. The minimum Gasteiger partial charge on any atom is -0.450 e. The Morgan fingerprint density at radius 3 is 2.59 bits per heavy atom. The fourth-order valence-corrected chi connectivity index (χ4v) is 6.13. The van der Waals surface area contributed by atoms with Crippen LogP contribution in [-0.2, 0) is 10.9 Å². The summed E-state index contributed by atoms with van der Waals surface area (Å²) < 4.78 is 45.5. The lowest BCUT2D eigenvalue weighted by molar-refractivity contribution is -0.137. The predicted molar refractivity (Wildman–Crippen MR) is 141 cm³/mol. The average molecular weight is 520 g/mol. The molecule has 0 radical (unpaired) electrons. The number of carbonyl (C=O) groups is 1. The highest BCUT2D eigenvalue weighted by Gasteiger charge is 2.39. The van der Waals surface area contributed by atoms with E-state index in [1.807, 2.05) is 6.92 Å². The minimum absolute atomic E-state index is 0.0307. The number of nitrogens with zero attached hydrogens (tertiary/aromatic N) is 2. The van der Waals surface area contributed by atoms with Crippen LogP contribution in [0.4, 0.5) is 23.7 Å². The molecule has 1 aromatic rings. The summed E-state index contributed by atoms with van der Waals surface area (Å²) in [4.78, 5) is 16.1. The highest BCUT2D eigenvalue weighted by molar-refractivity contribution is 5.67. The second kappa shape index (κ2) is 11.9. The van der Waals surface area contributed by atoms with Crippen molar-refractivity contribution in [2.24, 2.45) is 17.8 Å². The fraction of sp³-hybridized carbons (Fsp3) is 0.621. The molecule has 3 aliphatic rings. The van der Waals surface area contributed by atoms with Crippen LogP contribution in [0.15, 0.2) is 42.5 Å². The SMILES string of the molecule is CCOC(=O)N1CCN(C[C@H](C)CC[C@@H]2C(C)c3cc(C(F)(F)F)ccc3N[C@H]2C2C=CC=CC2)CC1. The van der Waals surface area contributed by atoms with Gasteiger partial charge in [-0.05, 0) is 67.7 Å². The van der Waals surface area contributed by atoms with Gasteiger partial charge in [0, 0.05) is 50.4 Å². The van der Waals surface area contributed by atoms with Crippen LogP contribution in [0.2, 0.25) is 0 Å². The van der Waals surface area contributed by atoms with Crippen molar-refractivity contribution in [3.05, 3.63) is 53.6 Å². The van der Waals surface area contributed by atoms with Crippen molar-refractivity contribution < 1.29 is 22.7 Å². The van der Waals surface area contributed by atoms with E-state index in [1.54, 1.807) is 11.0 Å². The molecule has 37 heavy (non-hydrogen) atoms. The van der Waals surface area contributed by atoms with Gasteiger partial charge in [-0.1, -0.05) is 38.2 Å². The van der Waals surface area contributed by atoms with Gasteiger partial charge in [0.05, 0.1) is 12.2 Å². The molecule has 2 heterocycles. The number of amides is 1. The number of ether oxygens (including phenoxy) is 1. The molecular weight excluding hydrogens is 479 g/mol. The van der Waals surface area contributed by atoms with Crippen LogP contribution in [0.5, 0.6) is 0 Å². The molecular formula is C29H40F3N3O2. The average Bonchev–Trinajstić information content (AvgIpc) is 2.88. The molecule has 1 saturated heterocycles. The lowest BCUT2D eigenvalue weighted by atomic mass is 9.70. The number of anilines is 1. The number of rotatable bonds is 7. The van der Waals surface area contributed by atoms with Crippen molar-refractivity contribution in [3.63, 3.8) is 0 Å². The molecule has 1 aliphatic carbocycles. The van der Waals surface area contributed by atoms with E-state index in [0.29, 0.717) is 31.5 Å². The zero-order valence-corrected chi connectivity index (χ0v) is 22.1. The number of hydrogen-bond donors (Lipinski definition) is 1. The largest absolute Gasteiger partial charge is 0.450 e. The number of allylic oxidation sites excluding steroid dienone is 3. The summed E-state index contributed by atoms with van der Waals surface area (Å²) in [5.41, 5.74) is 1.03. The Morgan fingerprint density at radius 1 is 1.19 bits per heavy atom. The fourth-order valence-electron chi connectivity index (χ4n) is 6.13. The molecule has 1 N–H and O–H groups in total. The first kappa shape index (κ1) is 27.6. The summed E-state index contributed by atoms with van der Waals surface area (Å²) >= 11 is 0. The number of piperazine rings is 1. The third-order valence-corrected chi connectivity index (χ3v) is 8.23. The molecule has 2 unspecified atom stereocenters. The Kier molecular flexibility index (Phi) is 8.88. The monoisotopic (exact) mass is 519 g/mol. The number of alkyl halides is 3. The molecule has 1 amide bonds. The first-order chi connectivity index (χ1) is 17.7. The number of fused-ring (bicyclic) bond motifs is 1. The minimum atomic E-state index is -4.34. The molecule has 204 valence electrons. The van der Waals surface area contributed by atoms with E-state index >= 15 is 0 Å². The molecule has 0 spiro atoms. The van der Waals surface area contributed by atoms with Crippen molar-refractivity contribution in [3.8, 4) is 0 Å². The second-order valence-corrected chi connectivity index (χ2v) is 10.8. The van der Waals surface area contributed by atoms with Crippen LogP contribution >= 0.6 is 0 Å². The normalized spacial score (nSPS) is 26.9. The highest BCUT2D eigenvalue weighted by atomic mass is 19.4. The van der Waals surface area contributed by atoms with Gasteiger partial charge in [-0.25, -0.2) is 4.79 Å². The molecule has 2 aliphatic heterocycles. The van der Waals surface area contributed by atoms with E-state index in [0.717, 1.165) is 50.1 Å². The third-order valence-electron chi connectivity index (χ3n) is 8.23. The Hall–Kier alpha value is -2.48. The van der Waals surface area contributed by atoms with E-state index in [1.165, 1.54) is 12.1 Å². The molecule has 5 atom stereocenters. The summed E-state index contributed by atoms with van der Waals surface area (Å²) in [6.07, 6.45) is 6.87. The van der Waals surface area contributed by atoms with E-state index in [9.17, 15) is 18.0 Å². The van der Waals surface area contributed by atoms with Gasteiger partial charge in [0.25, 0.3) is 0 Å². The molecule has 0 aromatic heterocycles. The lowest BCUT2D eigenvalue weighted by Gasteiger charge is -2.43. The molecule has 0 saturated carbocycles. The van der Waals surface area contributed by atoms with Crippen molar-refractivity contribution in [2.45, 2.75) is 58.2 Å². The van der Waals surface area contributed by atoms with Crippen LogP contribution < -0.4 is 5.32 Å². The maximum atomic E-state index is 13.5. The standard InChI is InChI=1S/C29H40F3N3O2/c1-4-37-28(36)35-16-14-34(15-17-35)19-20(2)10-12-24-21(3)25-18-23(29(30,31)32)11-13-26(25)33-27(24)22-8-6-5-7-9-22/h5-8,11,13,18,20-22,24,27,33H,4,9-10,12,14-17,19H2,1-3H3/t20-,21?,22?,24-,27+/m1/s1. The zero-order valence-electron chi connectivity index (χ0n) is 22.1. The smallest absolute Gasteiger partial charge is 0.416 e. The van der Waals surface area contributed by atoms with Crippen LogP contribution in [0.25, 0.3) is 0 Å². The maximum Gasteiger partial charge on any atom is 0.416 e. The van der Waals surface area contributed by atoms with Crippen molar-refractivity contribution in [1.82, 2.24) is 9.80 Å². The molecule has 4 rings (SSSR count). The van der Waals surface area contributed by atoms with Gasteiger partial charge < -0.3 is 15.0 Å². The number of hydrogen-bond acceptors (Lipinski definition) is 4. The summed E-state index contributed by atoms with van der Waals surface area (Å²) in [6.45, 7) is 10.5. The van der Waals surface area contributed by atoms with Gasteiger partial charge in [-0.2, -0.15) is 13.2 Å². The Labute approximate surface area is 218 Å². The maximum absolute atomic E-state index is 13.5. The lowest BCUT2D eigenvalue weighted by Crippen LogP contribution is -2.49. The van der Waals surface area contributed by atoms with Crippen molar-refractivity contribution in [1.29, 1.82) is 0 Å². The predicted octanol–water partition coefficient (Wildman–Crippen LogP) is 6.54. The topological polar surface area (TPSA) is 44.8 Å². The summed E-state index contributed by atoms with van der Waals surface area (Å²) in [5.74, 6) is 1.04. The summed E-state index contributed by atoms with van der Waals surface area (Å²) in [7, 11) is 0. The van der Waals surface area contributed by atoms with E-state index in [4.69, 9.17) is 4.74 Å². The van der Waals surface area contributed by atoms with Gasteiger partial charge in [0.1, 0.15) is 0 Å². The number of benzene rings is 1. The molecule has 8 heteroatoms. The number of nitrogens with one attached hydrogen (secondary N) is 1. The molecule has 1 fully saturated rings. The Morgan fingerprint density at radius 2 is 1.95 bits per heavy atom. The van der Waals surface area contributed by atoms with E-state index in [-0.39, 0.29) is 24.0 Å². The van der Waals surface area contributed by atoms with Crippen LogP contribution in [0.1, 0.15) is 57.1 Å². The van der Waals surface area contributed by atoms with Crippen molar-refractivity contribution in [2.75, 3.05) is 44.6 Å². The highest BCUT2D eigenvalue weighted by Crippen LogP contribution is 2.46. The van der Waals surface area contributed by atoms with Gasteiger partial charge >= 0.3 is 12.3 Å². The second-order valence-electron chi connectivity index (χ2n) is 10.8. The first-order valence-electron chi connectivity index (χ1n) is 13.6. The zero-order chi connectivity index (χ0) is 26.6. The van der Waals surface area contributed by atoms with Gasteiger partial charge in [-0.3, -0.25) is 4.90 Å². The number of halogens is 3. The van der Waals surface area contributed by atoms with Gasteiger partial charge in [0.2, 0.25) is 0 Å². The summed E-state index contributed by atoms with van der Waals surface area (Å²) in [5, 5.41) is 3.64. The quantitative estimate of drug-likeness (QED) is 0.444. The Bertz CT molecular complexity index is 985. The van der Waals surface area contributed by atoms with Crippen molar-refractivity contribution >= 4 is 11.8 Å². The number of carbonyl (C=O) groups excluding carboxylic acids is 1. The molecule has 5 nitrogen and oxygen atoms in total. The molecule has 1 aromatic carbocycles. The Balaban J connectivity index is 1.41. The van der Waals surface area contributed by atoms with Crippen LogP contribution in [0.3, 0.4) is 0 Å². The third kappa shape index (κ3) is 6.70. The van der Waals surface area contributed by atoms with E-state index < -0.39 is 11.7 Å². The van der Waals surface area contributed by atoms with Crippen LogP contribution in [0, 0.1) is 17.8 Å². The molecule has 0 bridgehead atoms. The van der Waals surface area contributed by atoms with Gasteiger partial charge in [0.15, 0.2) is 0 Å². The van der Waals surface area contributed by atoms with E-state index in [2.05, 4.69) is 48.4 Å². The first-order valence-corrected chi connectivity index (χ1v) is 13.6. The van der Waals surface area contributed by atoms with Gasteiger partial charge in [-0.15, -0.1) is 0 Å². The van der Waals surface area contributed by atoms with Crippen LogP contribution in [-0.4, -0.2) is 61.3 Å².